The monoisotopic (exact) mass is 543 g/mol. The Kier molecular flexibility index (Phi) is 13.1. The van der Waals surface area contributed by atoms with E-state index in [9.17, 15) is 4.79 Å². The van der Waals surface area contributed by atoms with Crippen molar-refractivity contribution in [3.8, 4) is 0 Å². The van der Waals surface area contributed by atoms with Gasteiger partial charge in [0.2, 0.25) is 5.91 Å². The number of nitrogens with one attached hydrogen (secondary N) is 2. The van der Waals surface area contributed by atoms with Gasteiger partial charge in [0.1, 0.15) is 0 Å². The molecule has 176 valence electrons. The molecule has 0 radical (unpaired) electrons. The van der Waals surface area contributed by atoms with Crippen LogP contribution < -0.4 is 10.6 Å². The van der Waals surface area contributed by atoms with E-state index in [1.165, 1.54) is 11.1 Å². The van der Waals surface area contributed by atoms with E-state index in [0.29, 0.717) is 31.6 Å². The Labute approximate surface area is 206 Å². The summed E-state index contributed by atoms with van der Waals surface area (Å²) in [5.41, 5.74) is 2.35. The van der Waals surface area contributed by atoms with Crippen LogP contribution in [0.3, 0.4) is 0 Å². The molecule has 2 N–H and O–H groups in total. The van der Waals surface area contributed by atoms with Crippen molar-refractivity contribution in [3.05, 3.63) is 35.4 Å². The summed E-state index contributed by atoms with van der Waals surface area (Å²) in [6.45, 7) is 16.1. The number of likely N-dealkylation sites (tertiary alicyclic amines) is 1. The van der Waals surface area contributed by atoms with Crippen molar-refractivity contribution in [2.24, 2.45) is 4.99 Å². The van der Waals surface area contributed by atoms with Crippen molar-refractivity contribution in [1.82, 2.24) is 20.4 Å². The number of guanidine groups is 1. The van der Waals surface area contributed by atoms with Crippen LogP contribution >= 0.6 is 24.0 Å². The van der Waals surface area contributed by atoms with Crippen LogP contribution in [-0.4, -0.2) is 59.9 Å². The van der Waals surface area contributed by atoms with Gasteiger partial charge in [-0.05, 0) is 58.6 Å². The summed E-state index contributed by atoms with van der Waals surface area (Å²) >= 11 is 0. The van der Waals surface area contributed by atoms with Gasteiger partial charge in [-0.2, -0.15) is 0 Å². The topological polar surface area (TPSA) is 60.0 Å². The second-order valence-electron chi connectivity index (χ2n) is 8.64. The number of hydrogen-bond acceptors (Lipinski definition) is 3. The molecule has 1 aromatic rings. The summed E-state index contributed by atoms with van der Waals surface area (Å²) in [4.78, 5) is 21.1. The lowest BCUT2D eigenvalue weighted by Crippen LogP contribution is -2.41. The van der Waals surface area contributed by atoms with Crippen molar-refractivity contribution >= 4 is 35.8 Å². The van der Waals surface area contributed by atoms with Gasteiger partial charge < -0.3 is 15.5 Å². The Morgan fingerprint density at radius 3 is 2.48 bits per heavy atom. The number of aliphatic imine (C=N–C) groups is 1. The van der Waals surface area contributed by atoms with Gasteiger partial charge in [-0.25, -0.2) is 4.99 Å². The molecule has 1 fully saturated rings. The fourth-order valence-electron chi connectivity index (χ4n) is 4.01. The van der Waals surface area contributed by atoms with Crippen LogP contribution in [0, 0.1) is 0 Å². The highest BCUT2D eigenvalue weighted by Crippen LogP contribution is 2.15. The number of carbonyl (C=O) groups is 1. The van der Waals surface area contributed by atoms with E-state index in [-0.39, 0.29) is 29.9 Å². The Balaban J connectivity index is 0.00000480. The SMILES string of the molecule is CCNC(=NCc1cccc(CN2CCCC2=O)c1)NCCCN(C(C)C)C(C)C.I. The molecular formula is C24H42IN5O. The maximum atomic E-state index is 11.9. The predicted octanol–water partition coefficient (Wildman–Crippen LogP) is 3.99. The van der Waals surface area contributed by atoms with Gasteiger partial charge in [0, 0.05) is 51.2 Å². The van der Waals surface area contributed by atoms with Crippen LogP contribution in [0.4, 0.5) is 0 Å². The number of carbonyl (C=O) groups excluding carboxylic acids is 1. The summed E-state index contributed by atoms with van der Waals surface area (Å²) in [5, 5.41) is 6.80. The van der Waals surface area contributed by atoms with Crippen LogP contribution in [0.5, 0.6) is 0 Å². The van der Waals surface area contributed by atoms with Crippen molar-refractivity contribution in [1.29, 1.82) is 0 Å². The smallest absolute Gasteiger partial charge is 0.222 e. The molecule has 7 heteroatoms. The number of rotatable bonds is 11. The van der Waals surface area contributed by atoms with E-state index in [4.69, 9.17) is 4.99 Å². The standard InChI is InChI=1S/C24H41N5O.HI/c1-6-25-24(26-13-9-15-29(19(2)3)20(4)5)27-17-21-10-7-11-22(16-21)18-28-14-8-12-23(28)30;/h7,10-11,16,19-20H,6,8-9,12-15,17-18H2,1-5H3,(H2,25,26,27);1H. The van der Waals surface area contributed by atoms with Crippen LogP contribution in [0.2, 0.25) is 0 Å². The van der Waals surface area contributed by atoms with Crippen LogP contribution in [-0.2, 0) is 17.9 Å². The molecule has 1 aliphatic rings. The molecule has 0 spiro atoms. The molecular weight excluding hydrogens is 501 g/mol. The van der Waals surface area contributed by atoms with Crippen LogP contribution in [0.15, 0.2) is 29.3 Å². The van der Waals surface area contributed by atoms with E-state index in [2.05, 4.69) is 74.4 Å². The van der Waals surface area contributed by atoms with Crippen molar-refractivity contribution in [2.45, 2.75) is 79.1 Å². The van der Waals surface area contributed by atoms with Crippen molar-refractivity contribution in [3.63, 3.8) is 0 Å². The fourth-order valence-corrected chi connectivity index (χ4v) is 4.01. The first-order chi connectivity index (χ1) is 14.4. The lowest BCUT2D eigenvalue weighted by Gasteiger charge is -2.30. The average molecular weight is 544 g/mol. The van der Waals surface area contributed by atoms with Gasteiger partial charge in [-0.3, -0.25) is 9.69 Å². The van der Waals surface area contributed by atoms with E-state index in [1.54, 1.807) is 0 Å². The third kappa shape index (κ3) is 9.76. The second-order valence-corrected chi connectivity index (χ2v) is 8.64. The molecule has 1 heterocycles. The average Bonchev–Trinajstić information content (AvgIpc) is 3.10. The highest BCUT2D eigenvalue weighted by atomic mass is 127. The third-order valence-corrected chi connectivity index (χ3v) is 5.51. The molecule has 1 amide bonds. The zero-order valence-corrected chi connectivity index (χ0v) is 22.3. The fraction of sp³-hybridized carbons (Fsp3) is 0.667. The Morgan fingerprint density at radius 2 is 1.87 bits per heavy atom. The van der Waals surface area contributed by atoms with Gasteiger partial charge in [-0.1, -0.05) is 24.3 Å². The number of nitrogens with zero attached hydrogens (tertiary/aromatic N) is 3. The summed E-state index contributed by atoms with van der Waals surface area (Å²) in [5.74, 6) is 1.13. The molecule has 0 saturated carbocycles. The van der Waals surface area contributed by atoms with Crippen LogP contribution in [0.1, 0.15) is 65.0 Å². The number of benzene rings is 1. The first-order valence-electron chi connectivity index (χ1n) is 11.5. The second kappa shape index (κ2) is 14.7. The maximum Gasteiger partial charge on any atom is 0.222 e. The lowest BCUT2D eigenvalue weighted by molar-refractivity contribution is -0.128. The zero-order valence-electron chi connectivity index (χ0n) is 20.0. The molecule has 2 rings (SSSR count). The summed E-state index contributed by atoms with van der Waals surface area (Å²) in [6.07, 6.45) is 2.75. The minimum absolute atomic E-state index is 0. The molecule has 0 aromatic heterocycles. The maximum absolute atomic E-state index is 11.9. The van der Waals surface area contributed by atoms with E-state index < -0.39 is 0 Å². The molecule has 1 aromatic carbocycles. The van der Waals surface area contributed by atoms with Crippen molar-refractivity contribution < 1.29 is 4.79 Å². The van der Waals surface area contributed by atoms with Gasteiger partial charge in [-0.15, -0.1) is 24.0 Å². The molecule has 0 bridgehead atoms. The molecule has 1 aliphatic heterocycles. The number of halogens is 1. The van der Waals surface area contributed by atoms with E-state index in [0.717, 1.165) is 45.0 Å². The van der Waals surface area contributed by atoms with Crippen LogP contribution in [0.25, 0.3) is 0 Å². The summed E-state index contributed by atoms with van der Waals surface area (Å²) in [6, 6.07) is 9.56. The zero-order chi connectivity index (χ0) is 21.9. The highest BCUT2D eigenvalue weighted by Gasteiger charge is 2.19. The predicted molar refractivity (Wildman–Crippen MR) is 141 cm³/mol. The quantitative estimate of drug-likeness (QED) is 0.192. The van der Waals surface area contributed by atoms with Crippen molar-refractivity contribution in [2.75, 3.05) is 26.2 Å². The van der Waals surface area contributed by atoms with Gasteiger partial charge in [0.05, 0.1) is 6.54 Å². The molecule has 6 nitrogen and oxygen atoms in total. The summed E-state index contributed by atoms with van der Waals surface area (Å²) in [7, 11) is 0. The summed E-state index contributed by atoms with van der Waals surface area (Å²) < 4.78 is 0. The van der Waals surface area contributed by atoms with Gasteiger partial charge in [0.25, 0.3) is 0 Å². The Morgan fingerprint density at radius 1 is 1.16 bits per heavy atom. The van der Waals surface area contributed by atoms with E-state index in [1.807, 2.05) is 4.90 Å². The first kappa shape index (κ1) is 27.7. The number of amides is 1. The lowest BCUT2D eigenvalue weighted by atomic mass is 10.1. The van der Waals surface area contributed by atoms with Gasteiger partial charge in [0.15, 0.2) is 5.96 Å². The Hall–Kier alpha value is -1.35. The first-order valence-corrected chi connectivity index (χ1v) is 11.5. The minimum Gasteiger partial charge on any atom is -0.357 e. The molecule has 31 heavy (non-hydrogen) atoms. The Bertz CT molecular complexity index is 684. The largest absolute Gasteiger partial charge is 0.357 e. The molecule has 0 aliphatic carbocycles. The molecule has 1 saturated heterocycles. The number of hydrogen-bond donors (Lipinski definition) is 2. The molecule has 0 unspecified atom stereocenters. The third-order valence-electron chi connectivity index (χ3n) is 5.51. The van der Waals surface area contributed by atoms with Gasteiger partial charge >= 0.3 is 0 Å². The molecule has 0 atom stereocenters. The minimum atomic E-state index is 0. The normalized spacial score (nSPS) is 14.5. The van der Waals surface area contributed by atoms with E-state index >= 15 is 0 Å². The highest BCUT2D eigenvalue weighted by molar-refractivity contribution is 14.0.